The maximum atomic E-state index is 13.5. The molecule has 1 saturated heterocycles. The fourth-order valence-corrected chi connectivity index (χ4v) is 6.73. The van der Waals surface area contributed by atoms with Crippen molar-refractivity contribution in [2.24, 2.45) is 0 Å². The van der Waals surface area contributed by atoms with Crippen molar-refractivity contribution < 1.29 is 31.5 Å². The lowest BCUT2D eigenvalue weighted by atomic mass is 9.80. The number of hydrogen-bond acceptors (Lipinski definition) is 5. The predicted molar refractivity (Wildman–Crippen MR) is 123 cm³/mol. The number of sulfone groups is 1. The number of carbonyl (C=O) groups excluding carboxylic acids is 2. The Hall–Kier alpha value is -3.01. The van der Waals surface area contributed by atoms with E-state index in [0.29, 0.717) is 35.3 Å². The Kier molecular flexibility index (Phi) is 5.91. The van der Waals surface area contributed by atoms with Crippen molar-refractivity contribution in [3.8, 4) is 5.75 Å². The van der Waals surface area contributed by atoms with Gasteiger partial charge in [-0.25, -0.2) is 8.42 Å². The van der Waals surface area contributed by atoms with Crippen LogP contribution in [-0.2, 0) is 20.0 Å². The molecule has 0 spiro atoms. The van der Waals surface area contributed by atoms with Crippen molar-refractivity contribution in [1.82, 2.24) is 5.32 Å². The minimum Gasteiger partial charge on any atom is -0.435 e. The van der Waals surface area contributed by atoms with Crippen LogP contribution in [0.1, 0.15) is 49.5 Å². The third-order valence-corrected chi connectivity index (χ3v) is 8.60. The lowest BCUT2D eigenvalue weighted by molar-refractivity contribution is -0.122. The van der Waals surface area contributed by atoms with Crippen LogP contribution in [0.3, 0.4) is 0 Å². The first kappa shape index (κ1) is 24.1. The van der Waals surface area contributed by atoms with Gasteiger partial charge in [-0.15, -0.1) is 0 Å². The largest absolute Gasteiger partial charge is 0.435 e. The molecule has 2 aliphatic heterocycles. The highest BCUT2D eigenvalue weighted by Crippen LogP contribution is 2.48. The molecule has 0 bridgehead atoms. The number of carbonyl (C=O) groups is 2. The molecule has 34 heavy (non-hydrogen) atoms. The van der Waals surface area contributed by atoms with E-state index in [9.17, 15) is 26.8 Å². The van der Waals surface area contributed by atoms with Gasteiger partial charge in [-0.05, 0) is 62.6 Å². The van der Waals surface area contributed by atoms with E-state index >= 15 is 0 Å². The van der Waals surface area contributed by atoms with Crippen molar-refractivity contribution >= 4 is 33.0 Å². The highest BCUT2D eigenvalue weighted by atomic mass is 32.2. The average molecular weight is 493 g/mol. The van der Waals surface area contributed by atoms with Gasteiger partial charge in [-0.1, -0.05) is 13.0 Å². The maximum absolute atomic E-state index is 13.5. The summed E-state index contributed by atoms with van der Waals surface area (Å²) in [6.07, 6.45) is 0.783. The number of amides is 2. The maximum Gasteiger partial charge on any atom is 0.387 e. The second-order valence-corrected chi connectivity index (χ2v) is 11.5. The van der Waals surface area contributed by atoms with Gasteiger partial charge in [-0.2, -0.15) is 8.78 Å². The van der Waals surface area contributed by atoms with E-state index in [1.165, 1.54) is 23.1 Å². The molecular weight excluding hydrogens is 466 g/mol. The van der Waals surface area contributed by atoms with Crippen molar-refractivity contribution in [1.29, 1.82) is 0 Å². The Balaban J connectivity index is 1.69. The molecule has 0 unspecified atom stereocenters. The van der Waals surface area contributed by atoms with Crippen LogP contribution in [0.15, 0.2) is 42.5 Å². The number of hydrogen-bond donors (Lipinski definition) is 1. The third kappa shape index (κ3) is 4.26. The van der Waals surface area contributed by atoms with Crippen molar-refractivity contribution in [2.45, 2.75) is 51.2 Å². The van der Waals surface area contributed by atoms with Crippen molar-refractivity contribution in [2.75, 3.05) is 16.4 Å². The standard InChI is InChI=1S/C24H26F2N2O5S/c1-4-24(3)18-12-15(20(29)27-23(2)10-11-34(31,32)14-23)8-9-19(18)28(21(24)30)16-6-5-7-17(13-16)33-22(25)26/h5-9,12-13,22H,4,10-11,14H2,1-3H3,(H,27,29)/t23-,24-/m0/s1. The highest BCUT2D eigenvalue weighted by Gasteiger charge is 2.47. The molecule has 10 heteroatoms. The summed E-state index contributed by atoms with van der Waals surface area (Å²) in [6.45, 7) is 2.35. The van der Waals surface area contributed by atoms with E-state index in [-0.39, 0.29) is 23.2 Å². The summed E-state index contributed by atoms with van der Waals surface area (Å²) in [4.78, 5) is 28.0. The van der Waals surface area contributed by atoms with Gasteiger partial charge in [0.15, 0.2) is 9.84 Å². The molecule has 2 atom stereocenters. The molecule has 0 aliphatic carbocycles. The molecule has 2 aromatic carbocycles. The lowest BCUT2D eigenvalue weighted by Crippen LogP contribution is -2.47. The van der Waals surface area contributed by atoms with Crippen LogP contribution in [0.4, 0.5) is 20.2 Å². The Bertz CT molecular complexity index is 1270. The molecule has 182 valence electrons. The Morgan fingerprint density at radius 2 is 1.94 bits per heavy atom. The molecule has 2 heterocycles. The quantitative estimate of drug-likeness (QED) is 0.660. The zero-order valence-corrected chi connectivity index (χ0v) is 19.9. The predicted octanol–water partition coefficient (Wildman–Crippen LogP) is 3.94. The number of fused-ring (bicyclic) bond motifs is 1. The zero-order chi connectivity index (χ0) is 24.9. The van der Waals surface area contributed by atoms with Gasteiger partial charge >= 0.3 is 6.61 Å². The monoisotopic (exact) mass is 492 g/mol. The fourth-order valence-electron chi connectivity index (χ4n) is 4.64. The van der Waals surface area contributed by atoms with Gasteiger partial charge in [0.25, 0.3) is 5.91 Å². The van der Waals surface area contributed by atoms with Gasteiger partial charge in [0, 0.05) is 11.6 Å². The summed E-state index contributed by atoms with van der Waals surface area (Å²) in [7, 11) is -3.19. The Labute approximate surface area is 197 Å². The Morgan fingerprint density at radius 1 is 1.21 bits per heavy atom. The van der Waals surface area contributed by atoms with E-state index in [4.69, 9.17) is 0 Å². The van der Waals surface area contributed by atoms with Crippen LogP contribution in [0.5, 0.6) is 5.75 Å². The number of ether oxygens (including phenoxy) is 1. The Morgan fingerprint density at radius 3 is 2.56 bits per heavy atom. The second kappa shape index (κ2) is 8.33. The SMILES string of the molecule is CC[C@]1(C)C(=O)N(c2cccc(OC(F)F)c2)c2ccc(C(=O)N[C@@]3(C)CCS(=O)(=O)C3)cc21. The highest BCUT2D eigenvalue weighted by molar-refractivity contribution is 7.91. The van der Waals surface area contributed by atoms with E-state index < -0.39 is 33.3 Å². The summed E-state index contributed by atoms with van der Waals surface area (Å²) in [5.41, 5.74) is 0.0875. The number of nitrogens with zero attached hydrogens (tertiary/aromatic N) is 1. The summed E-state index contributed by atoms with van der Waals surface area (Å²) >= 11 is 0. The third-order valence-electron chi connectivity index (χ3n) is 6.70. The number of halogens is 2. The van der Waals surface area contributed by atoms with Crippen LogP contribution in [0.2, 0.25) is 0 Å². The van der Waals surface area contributed by atoms with Crippen LogP contribution >= 0.6 is 0 Å². The van der Waals surface area contributed by atoms with E-state index in [1.807, 2.05) is 6.92 Å². The van der Waals surface area contributed by atoms with E-state index in [1.54, 1.807) is 38.1 Å². The number of alkyl halides is 2. The fraction of sp³-hybridized carbons (Fsp3) is 0.417. The molecule has 4 rings (SSSR count). The number of nitrogens with one attached hydrogen (secondary N) is 1. The first-order valence-electron chi connectivity index (χ1n) is 10.9. The van der Waals surface area contributed by atoms with Gasteiger partial charge < -0.3 is 10.1 Å². The van der Waals surface area contributed by atoms with Crippen LogP contribution in [-0.4, -0.2) is 43.9 Å². The van der Waals surface area contributed by atoms with E-state index in [0.717, 1.165) is 0 Å². The topological polar surface area (TPSA) is 92.8 Å². The molecule has 0 aromatic heterocycles. The normalized spacial score (nSPS) is 25.5. The molecule has 2 aliphatic rings. The molecular formula is C24H26F2N2O5S. The molecule has 1 fully saturated rings. The second-order valence-electron chi connectivity index (χ2n) is 9.29. The van der Waals surface area contributed by atoms with Gasteiger partial charge in [-0.3, -0.25) is 14.5 Å². The minimum absolute atomic E-state index is 0.0275. The minimum atomic E-state index is -3.19. The summed E-state index contributed by atoms with van der Waals surface area (Å²) in [5.74, 6) is -0.820. The van der Waals surface area contributed by atoms with Gasteiger partial charge in [0.2, 0.25) is 5.91 Å². The molecule has 0 saturated carbocycles. The van der Waals surface area contributed by atoms with Crippen molar-refractivity contribution in [3.05, 3.63) is 53.6 Å². The van der Waals surface area contributed by atoms with Crippen LogP contribution in [0.25, 0.3) is 0 Å². The summed E-state index contributed by atoms with van der Waals surface area (Å²) < 4.78 is 53.6. The molecule has 0 radical (unpaired) electrons. The molecule has 1 N–H and O–H groups in total. The molecule has 2 amide bonds. The molecule has 7 nitrogen and oxygen atoms in total. The summed E-state index contributed by atoms with van der Waals surface area (Å²) in [5, 5.41) is 2.84. The average Bonchev–Trinajstić information content (AvgIpc) is 3.17. The first-order chi connectivity index (χ1) is 15.9. The smallest absolute Gasteiger partial charge is 0.387 e. The number of anilines is 2. The van der Waals surface area contributed by atoms with Gasteiger partial charge in [0.1, 0.15) is 5.75 Å². The van der Waals surface area contributed by atoms with E-state index in [2.05, 4.69) is 10.1 Å². The van der Waals surface area contributed by atoms with Crippen LogP contribution < -0.4 is 15.0 Å². The number of benzene rings is 2. The van der Waals surface area contributed by atoms with Gasteiger partial charge in [0.05, 0.1) is 33.8 Å². The zero-order valence-electron chi connectivity index (χ0n) is 19.1. The number of rotatable bonds is 6. The molecule has 2 aromatic rings. The first-order valence-corrected chi connectivity index (χ1v) is 12.8. The lowest BCUT2D eigenvalue weighted by Gasteiger charge is -2.24. The van der Waals surface area contributed by atoms with Crippen LogP contribution in [0, 0.1) is 0 Å². The van der Waals surface area contributed by atoms with Crippen molar-refractivity contribution in [3.63, 3.8) is 0 Å². The summed E-state index contributed by atoms with van der Waals surface area (Å²) in [6, 6.07) is 10.8.